The highest BCUT2D eigenvalue weighted by Crippen LogP contribution is 2.18. The Bertz CT molecular complexity index is 373. The molecule has 0 amide bonds. The lowest BCUT2D eigenvalue weighted by molar-refractivity contribution is 0.00720. The molecule has 0 unspecified atom stereocenters. The van der Waals surface area contributed by atoms with Crippen molar-refractivity contribution in [2.45, 2.75) is 57.7 Å². The van der Waals surface area contributed by atoms with Crippen LogP contribution in [0, 0.1) is 0 Å². The van der Waals surface area contributed by atoms with Gasteiger partial charge in [-0.3, -0.25) is 0 Å². The Morgan fingerprint density at radius 2 is 1.89 bits per heavy atom. The summed E-state index contributed by atoms with van der Waals surface area (Å²) in [6.45, 7) is 7.56. The van der Waals surface area contributed by atoms with Gasteiger partial charge in [0, 0.05) is 32.3 Å². The van der Waals surface area contributed by atoms with E-state index in [-0.39, 0.29) is 5.60 Å². The van der Waals surface area contributed by atoms with Crippen LogP contribution in [0.1, 0.15) is 40.0 Å². The molecule has 0 aromatic carbocycles. The number of ether oxygens (including phenoxy) is 1. The predicted octanol–water partition coefficient (Wildman–Crippen LogP) is 1.20. The summed E-state index contributed by atoms with van der Waals surface area (Å²) in [5.74, 6) is 0. The molecule has 0 bridgehead atoms. The first-order valence-electron chi connectivity index (χ1n) is 6.90. The second-order valence-corrected chi connectivity index (χ2v) is 8.15. The molecule has 1 rings (SSSR count). The molecule has 0 spiro atoms. The number of nitrogens with one attached hydrogen (secondary N) is 1. The number of hydrogen-bond donors (Lipinski definition) is 1. The first kappa shape index (κ1) is 16.9. The van der Waals surface area contributed by atoms with Crippen LogP contribution in [0.25, 0.3) is 0 Å². The van der Waals surface area contributed by atoms with Gasteiger partial charge in [-0.15, -0.1) is 0 Å². The molecule has 6 heteroatoms. The van der Waals surface area contributed by atoms with Crippen LogP contribution in [0.4, 0.5) is 0 Å². The van der Waals surface area contributed by atoms with Gasteiger partial charge in [-0.25, -0.2) is 12.7 Å². The maximum absolute atomic E-state index is 11.4. The first-order chi connectivity index (χ1) is 8.64. The number of sulfonamides is 1. The minimum Gasteiger partial charge on any atom is -0.379 e. The summed E-state index contributed by atoms with van der Waals surface area (Å²) in [4.78, 5) is 0. The van der Waals surface area contributed by atoms with E-state index in [1.54, 1.807) is 11.4 Å². The summed E-state index contributed by atoms with van der Waals surface area (Å²) < 4.78 is 29.9. The molecule has 5 nitrogen and oxygen atoms in total. The van der Waals surface area contributed by atoms with Gasteiger partial charge in [-0.2, -0.15) is 0 Å². The Morgan fingerprint density at radius 3 is 2.32 bits per heavy atom. The average molecular weight is 292 g/mol. The van der Waals surface area contributed by atoms with Gasteiger partial charge in [-0.05, 0) is 40.0 Å². The third kappa shape index (κ3) is 5.77. The quantitative estimate of drug-likeness (QED) is 0.799. The largest absolute Gasteiger partial charge is 0.379 e. The van der Waals surface area contributed by atoms with Crippen LogP contribution in [0.15, 0.2) is 0 Å². The van der Waals surface area contributed by atoms with Crippen molar-refractivity contribution in [2.24, 2.45) is 0 Å². The Hall–Kier alpha value is -0.170. The Labute approximate surface area is 117 Å². The van der Waals surface area contributed by atoms with Gasteiger partial charge in [0.05, 0.1) is 11.9 Å². The number of rotatable bonds is 6. The van der Waals surface area contributed by atoms with E-state index in [0.29, 0.717) is 25.2 Å². The Morgan fingerprint density at radius 1 is 1.37 bits per heavy atom. The second-order valence-electron chi connectivity index (χ2n) is 6.17. The molecule has 1 heterocycles. The minimum absolute atomic E-state index is 0.125. The zero-order chi connectivity index (χ0) is 14.7. The molecule has 1 aliphatic rings. The molecule has 0 aromatic heterocycles. The van der Waals surface area contributed by atoms with Crippen LogP contribution in [-0.4, -0.2) is 56.9 Å². The lowest BCUT2D eigenvalue weighted by atomic mass is 9.98. The van der Waals surface area contributed by atoms with E-state index in [4.69, 9.17) is 4.74 Å². The SMILES string of the molecule is COC(C)(C)C[C@@H](C)NC1CCN(S(C)(=O)=O)CC1. The molecule has 0 saturated carbocycles. The molecule has 1 N–H and O–H groups in total. The van der Waals surface area contributed by atoms with Gasteiger partial charge >= 0.3 is 0 Å². The summed E-state index contributed by atoms with van der Waals surface area (Å²) in [5, 5.41) is 3.58. The summed E-state index contributed by atoms with van der Waals surface area (Å²) in [5.41, 5.74) is -0.125. The highest BCUT2D eigenvalue weighted by molar-refractivity contribution is 7.88. The molecule has 1 fully saturated rings. The van der Waals surface area contributed by atoms with E-state index in [9.17, 15) is 8.42 Å². The van der Waals surface area contributed by atoms with Crippen molar-refractivity contribution in [3.63, 3.8) is 0 Å². The molecule has 0 aliphatic carbocycles. The normalized spacial score (nSPS) is 21.5. The lowest BCUT2D eigenvalue weighted by Gasteiger charge is -2.34. The molecule has 1 atom stereocenters. The topological polar surface area (TPSA) is 58.6 Å². The second kappa shape index (κ2) is 6.52. The highest BCUT2D eigenvalue weighted by atomic mass is 32.2. The van der Waals surface area contributed by atoms with Crippen LogP contribution in [0.2, 0.25) is 0 Å². The minimum atomic E-state index is -3.02. The van der Waals surface area contributed by atoms with Crippen LogP contribution >= 0.6 is 0 Å². The Kier molecular flexibility index (Phi) is 5.79. The third-order valence-corrected chi connectivity index (χ3v) is 5.10. The monoisotopic (exact) mass is 292 g/mol. The van der Waals surface area contributed by atoms with Crippen molar-refractivity contribution >= 4 is 10.0 Å². The van der Waals surface area contributed by atoms with E-state index < -0.39 is 10.0 Å². The van der Waals surface area contributed by atoms with Crippen molar-refractivity contribution in [2.75, 3.05) is 26.5 Å². The Balaban J connectivity index is 2.37. The van der Waals surface area contributed by atoms with E-state index in [1.807, 2.05) is 0 Å². The first-order valence-corrected chi connectivity index (χ1v) is 8.75. The molecule has 19 heavy (non-hydrogen) atoms. The van der Waals surface area contributed by atoms with Gasteiger partial charge in [0.25, 0.3) is 0 Å². The van der Waals surface area contributed by atoms with E-state index in [2.05, 4.69) is 26.1 Å². The lowest BCUT2D eigenvalue weighted by Crippen LogP contribution is -2.48. The van der Waals surface area contributed by atoms with Gasteiger partial charge in [-0.1, -0.05) is 0 Å². The highest BCUT2D eigenvalue weighted by Gasteiger charge is 2.27. The number of piperidine rings is 1. The van der Waals surface area contributed by atoms with Gasteiger partial charge in [0.15, 0.2) is 0 Å². The van der Waals surface area contributed by atoms with Gasteiger partial charge in [0.2, 0.25) is 10.0 Å². The summed E-state index contributed by atoms with van der Waals surface area (Å²) in [6, 6.07) is 0.769. The molecule has 1 aliphatic heterocycles. The summed E-state index contributed by atoms with van der Waals surface area (Å²) in [7, 11) is -1.29. The molecule has 0 aromatic rings. The number of methoxy groups -OCH3 is 1. The van der Waals surface area contributed by atoms with Crippen LogP contribution in [0.3, 0.4) is 0 Å². The van der Waals surface area contributed by atoms with Crippen molar-refractivity contribution in [3.05, 3.63) is 0 Å². The fourth-order valence-corrected chi connectivity index (χ4v) is 3.51. The molecular weight excluding hydrogens is 264 g/mol. The average Bonchev–Trinajstić information content (AvgIpc) is 2.27. The maximum atomic E-state index is 11.4. The van der Waals surface area contributed by atoms with Crippen molar-refractivity contribution in [1.29, 1.82) is 0 Å². The fourth-order valence-electron chi connectivity index (χ4n) is 2.64. The van der Waals surface area contributed by atoms with Crippen LogP contribution < -0.4 is 5.32 Å². The zero-order valence-electron chi connectivity index (χ0n) is 12.8. The smallest absolute Gasteiger partial charge is 0.211 e. The van der Waals surface area contributed by atoms with Gasteiger partial charge < -0.3 is 10.1 Å². The molecule has 114 valence electrons. The predicted molar refractivity (Wildman–Crippen MR) is 77.7 cm³/mol. The molecular formula is C13H28N2O3S. The number of hydrogen-bond acceptors (Lipinski definition) is 4. The summed E-state index contributed by atoms with van der Waals surface area (Å²) in [6.07, 6.45) is 3.98. The standard InChI is InChI=1S/C13H28N2O3S/c1-11(10-13(2,3)18-4)14-12-6-8-15(9-7-12)19(5,16)17/h11-12,14H,6-10H2,1-5H3/t11-/m1/s1. The molecule has 1 saturated heterocycles. The van der Waals surface area contributed by atoms with Crippen LogP contribution in [0.5, 0.6) is 0 Å². The third-order valence-electron chi connectivity index (χ3n) is 3.79. The fraction of sp³-hybridized carbons (Fsp3) is 1.00. The van der Waals surface area contributed by atoms with E-state index >= 15 is 0 Å². The maximum Gasteiger partial charge on any atom is 0.211 e. The number of nitrogens with zero attached hydrogens (tertiary/aromatic N) is 1. The van der Waals surface area contributed by atoms with E-state index in [1.165, 1.54) is 6.26 Å². The van der Waals surface area contributed by atoms with Crippen molar-refractivity contribution in [3.8, 4) is 0 Å². The van der Waals surface area contributed by atoms with Gasteiger partial charge in [0.1, 0.15) is 0 Å². The van der Waals surface area contributed by atoms with E-state index in [0.717, 1.165) is 19.3 Å². The van der Waals surface area contributed by atoms with Crippen LogP contribution in [-0.2, 0) is 14.8 Å². The molecule has 0 radical (unpaired) electrons. The zero-order valence-corrected chi connectivity index (χ0v) is 13.6. The van der Waals surface area contributed by atoms with Crippen molar-refractivity contribution < 1.29 is 13.2 Å². The summed E-state index contributed by atoms with van der Waals surface area (Å²) >= 11 is 0. The van der Waals surface area contributed by atoms with Crippen molar-refractivity contribution in [1.82, 2.24) is 9.62 Å².